The monoisotopic (exact) mass is 504 g/mol. The average Bonchev–Trinajstić information content (AvgIpc) is 2.65. The summed E-state index contributed by atoms with van der Waals surface area (Å²) in [7, 11) is 3.55. The number of hydrogen-bond acceptors (Lipinski definition) is 4. The molecule has 160 valence electrons. The standard InChI is InChI=1S/C21H36N4O2.HI/c1-21(2,3)19(26-5)15-24-20(22-4)23-14-17-7-6-8-18(13-17)16-25-9-11-27-12-10-25;/h6-8,13,19H,9-12,14-16H2,1-5H3,(H2,22,23,24);1H. The Labute approximate surface area is 187 Å². The van der Waals surface area contributed by atoms with E-state index in [4.69, 9.17) is 9.47 Å². The van der Waals surface area contributed by atoms with Crippen molar-refractivity contribution in [1.82, 2.24) is 15.5 Å². The van der Waals surface area contributed by atoms with Gasteiger partial charge in [0.25, 0.3) is 0 Å². The van der Waals surface area contributed by atoms with Crippen LogP contribution < -0.4 is 10.6 Å². The molecule has 2 rings (SSSR count). The Hall–Kier alpha value is -0.900. The Morgan fingerprint density at radius 2 is 1.89 bits per heavy atom. The second kappa shape index (κ2) is 12.6. The van der Waals surface area contributed by atoms with Gasteiger partial charge in [0.2, 0.25) is 0 Å². The molecule has 0 radical (unpaired) electrons. The van der Waals surface area contributed by atoms with Crippen LogP contribution in [0.3, 0.4) is 0 Å². The van der Waals surface area contributed by atoms with Crippen molar-refractivity contribution in [1.29, 1.82) is 0 Å². The largest absolute Gasteiger partial charge is 0.379 e. The Bertz CT molecular complexity index is 598. The smallest absolute Gasteiger partial charge is 0.191 e. The molecule has 1 aromatic rings. The molecule has 1 aliphatic heterocycles. The van der Waals surface area contributed by atoms with Gasteiger partial charge in [-0.1, -0.05) is 45.0 Å². The molecular formula is C21H37IN4O2. The molecular weight excluding hydrogens is 467 g/mol. The molecule has 1 saturated heterocycles. The van der Waals surface area contributed by atoms with E-state index in [1.165, 1.54) is 11.1 Å². The molecule has 6 nitrogen and oxygen atoms in total. The van der Waals surface area contributed by atoms with Gasteiger partial charge in [0.15, 0.2) is 5.96 Å². The second-order valence-electron chi connectivity index (χ2n) is 8.11. The molecule has 0 saturated carbocycles. The Balaban J connectivity index is 0.00000392. The number of hydrogen-bond donors (Lipinski definition) is 2. The van der Waals surface area contributed by atoms with Gasteiger partial charge in [0.05, 0.1) is 19.3 Å². The van der Waals surface area contributed by atoms with Crippen LogP contribution >= 0.6 is 24.0 Å². The number of nitrogens with zero attached hydrogens (tertiary/aromatic N) is 2. The van der Waals surface area contributed by atoms with Gasteiger partial charge >= 0.3 is 0 Å². The SMILES string of the molecule is CN=C(NCc1cccc(CN2CCOCC2)c1)NCC(OC)C(C)(C)C.I. The number of guanidine groups is 1. The highest BCUT2D eigenvalue weighted by Gasteiger charge is 2.24. The van der Waals surface area contributed by atoms with Gasteiger partial charge in [-0.25, -0.2) is 0 Å². The van der Waals surface area contributed by atoms with Crippen molar-refractivity contribution < 1.29 is 9.47 Å². The third-order valence-corrected chi connectivity index (χ3v) is 4.89. The quantitative estimate of drug-likeness (QED) is 0.340. The number of methoxy groups -OCH3 is 1. The summed E-state index contributed by atoms with van der Waals surface area (Å²) in [5.41, 5.74) is 2.67. The Morgan fingerprint density at radius 1 is 1.21 bits per heavy atom. The van der Waals surface area contributed by atoms with Gasteiger partial charge in [-0.05, 0) is 16.5 Å². The molecule has 0 amide bonds. The van der Waals surface area contributed by atoms with Crippen molar-refractivity contribution in [3.63, 3.8) is 0 Å². The lowest BCUT2D eigenvalue weighted by Gasteiger charge is -2.30. The summed E-state index contributed by atoms with van der Waals surface area (Å²) in [6.45, 7) is 12.7. The minimum atomic E-state index is 0. The molecule has 7 heteroatoms. The van der Waals surface area contributed by atoms with Crippen molar-refractivity contribution in [3.05, 3.63) is 35.4 Å². The topological polar surface area (TPSA) is 58.1 Å². The van der Waals surface area contributed by atoms with E-state index in [0.717, 1.165) is 51.9 Å². The van der Waals surface area contributed by atoms with Crippen molar-refractivity contribution in [2.45, 2.75) is 40.0 Å². The van der Waals surface area contributed by atoms with E-state index in [1.807, 2.05) is 0 Å². The number of ether oxygens (including phenoxy) is 2. The fourth-order valence-corrected chi connectivity index (χ4v) is 3.19. The van der Waals surface area contributed by atoms with E-state index in [2.05, 4.69) is 65.6 Å². The van der Waals surface area contributed by atoms with Gasteiger partial charge in [-0.2, -0.15) is 0 Å². The van der Waals surface area contributed by atoms with Gasteiger partial charge in [0.1, 0.15) is 0 Å². The highest BCUT2D eigenvalue weighted by molar-refractivity contribution is 14.0. The van der Waals surface area contributed by atoms with Crippen LogP contribution in [0, 0.1) is 5.41 Å². The molecule has 1 heterocycles. The summed E-state index contributed by atoms with van der Waals surface area (Å²) in [5.74, 6) is 0.792. The fraction of sp³-hybridized carbons (Fsp3) is 0.667. The third-order valence-electron chi connectivity index (χ3n) is 4.89. The van der Waals surface area contributed by atoms with Crippen molar-refractivity contribution in [2.24, 2.45) is 10.4 Å². The van der Waals surface area contributed by atoms with Crippen LogP contribution in [0.1, 0.15) is 31.9 Å². The van der Waals surface area contributed by atoms with E-state index in [1.54, 1.807) is 14.2 Å². The number of morpholine rings is 1. The Morgan fingerprint density at radius 3 is 2.50 bits per heavy atom. The number of halogens is 1. The first-order valence-electron chi connectivity index (χ1n) is 9.77. The van der Waals surface area contributed by atoms with Gasteiger partial charge < -0.3 is 20.1 Å². The van der Waals surface area contributed by atoms with Crippen LogP contribution in [-0.4, -0.2) is 64.0 Å². The first-order valence-corrected chi connectivity index (χ1v) is 9.77. The predicted molar refractivity (Wildman–Crippen MR) is 126 cm³/mol. The van der Waals surface area contributed by atoms with Gasteiger partial charge in [0, 0.05) is 46.9 Å². The molecule has 1 aliphatic rings. The maximum atomic E-state index is 5.60. The van der Waals surface area contributed by atoms with Crippen molar-refractivity contribution in [2.75, 3.05) is 47.0 Å². The lowest BCUT2D eigenvalue weighted by molar-refractivity contribution is 0.0205. The molecule has 1 atom stereocenters. The zero-order valence-electron chi connectivity index (χ0n) is 18.0. The third kappa shape index (κ3) is 8.63. The predicted octanol–water partition coefficient (Wildman–Crippen LogP) is 2.86. The molecule has 0 aromatic heterocycles. The normalized spacial score (nSPS) is 17.0. The lowest BCUT2D eigenvalue weighted by Crippen LogP contribution is -2.45. The number of nitrogens with one attached hydrogen (secondary N) is 2. The molecule has 2 N–H and O–H groups in total. The summed E-state index contributed by atoms with van der Waals surface area (Å²) in [6, 6.07) is 8.74. The minimum absolute atomic E-state index is 0. The summed E-state index contributed by atoms with van der Waals surface area (Å²) in [4.78, 5) is 6.76. The summed E-state index contributed by atoms with van der Waals surface area (Å²) in [5, 5.41) is 6.77. The van der Waals surface area contributed by atoms with Crippen LogP contribution in [0.4, 0.5) is 0 Å². The average molecular weight is 504 g/mol. The second-order valence-corrected chi connectivity index (χ2v) is 8.11. The van der Waals surface area contributed by atoms with E-state index in [0.29, 0.717) is 0 Å². The highest BCUT2D eigenvalue weighted by Crippen LogP contribution is 2.20. The van der Waals surface area contributed by atoms with E-state index < -0.39 is 0 Å². The zero-order valence-corrected chi connectivity index (χ0v) is 20.3. The van der Waals surface area contributed by atoms with E-state index in [-0.39, 0.29) is 35.5 Å². The summed E-state index contributed by atoms with van der Waals surface area (Å²) in [6.07, 6.45) is 0.118. The highest BCUT2D eigenvalue weighted by atomic mass is 127. The van der Waals surface area contributed by atoms with Crippen molar-refractivity contribution >= 4 is 29.9 Å². The van der Waals surface area contributed by atoms with Gasteiger partial charge in [-0.15, -0.1) is 24.0 Å². The zero-order chi connectivity index (χ0) is 19.7. The molecule has 0 aliphatic carbocycles. The number of rotatable bonds is 7. The number of aliphatic imine (C=N–C) groups is 1. The van der Waals surface area contributed by atoms with Crippen LogP contribution in [-0.2, 0) is 22.6 Å². The van der Waals surface area contributed by atoms with Crippen molar-refractivity contribution in [3.8, 4) is 0 Å². The van der Waals surface area contributed by atoms with Crippen LogP contribution in [0.25, 0.3) is 0 Å². The first kappa shape index (κ1) is 25.1. The van der Waals surface area contributed by atoms with Crippen LogP contribution in [0.2, 0.25) is 0 Å². The fourth-order valence-electron chi connectivity index (χ4n) is 3.19. The Kier molecular flexibility index (Phi) is 11.3. The summed E-state index contributed by atoms with van der Waals surface area (Å²) < 4.78 is 11.0. The molecule has 0 spiro atoms. The molecule has 1 fully saturated rings. The first-order chi connectivity index (χ1) is 12.9. The lowest BCUT2D eigenvalue weighted by atomic mass is 9.89. The van der Waals surface area contributed by atoms with Crippen LogP contribution in [0.5, 0.6) is 0 Å². The number of benzene rings is 1. The molecule has 1 aromatic carbocycles. The van der Waals surface area contributed by atoms with Crippen LogP contribution in [0.15, 0.2) is 29.3 Å². The van der Waals surface area contributed by atoms with Gasteiger partial charge in [-0.3, -0.25) is 9.89 Å². The van der Waals surface area contributed by atoms with E-state index >= 15 is 0 Å². The molecule has 0 bridgehead atoms. The minimum Gasteiger partial charge on any atom is -0.379 e. The summed E-state index contributed by atoms with van der Waals surface area (Å²) >= 11 is 0. The molecule has 28 heavy (non-hydrogen) atoms. The maximum Gasteiger partial charge on any atom is 0.191 e. The maximum absolute atomic E-state index is 5.60. The molecule has 1 unspecified atom stereocenters. The van der Waals surface area contributed by atoms with E-state index in [9.17, 15) is 0 Å².